The van der Waals surface area contributed by atoms with Crippen LogP contribution in [-0.2, 0) is 6.54 Å². The predicted molar refractivity (Wildman–Crippen MR) is 90.0 cm³/mol. The summed E-state index contributed by atoms with van der Waals surface area (Å²) in [5.41, 5.74) is 1.29. The van der Waals surface area contributed by atoms with Crippen molar-refractivity contribution < 1.29 is 4.39 Å². The fourth-order valence-corrected chi connectivity index (χ4v) is 3.63. The average molecular weight is 357 g/mol. The van der Waals surface area contributed by atoms with Crippen LogP contribution in [0.2, 0.25) is 10.0 Å². The molecule has 0 atom stereocenters. The largest absolute Gasteiger partial charge is 0.294 e. The molecular formula is C15H11Cl2FN2OS. The first-order chi connectivity index (χ1) is 10.5. The molecule has 0 aliphatic carbocycles. The maximum Gasteiger partial charge on any atom is 0.262 e. The molecule has 3 nitrogen and oxygen atoms in total. The fraction of sp³-hybridized carbons (Fsp3) is 0.200. The number of halogens is 3. The van der Waals surface area contributed by atoms with Gasteiger partial charge in [0.05, 0.1) is 22.0 Å². The summed E-state index contributed by atoms with van der Waals surface area (Å²) in [5, 5.41) is 3.22. The van der Waals surface area contributed by atoms with E-state index in [-0.39, 0.29) is 12.1 Å². The minimum atomic E-state index is -0.611. The van der Waals surface area contributed by atoms with E-state index in [1.807, 2.05) is 5.38 Å². The highest BCUT2D eigenvalue weighted by molar-refractivity contribution is 7.17. The van der Waals surface area contributed by atoms with Gasteiger partial charge in [0, 0.05) is 10.9 Å². The second kappa shape index (κ2) is 5.99. The Morgan fingerprint density at radius 3 is 2.77 bits per heavy atom. The normalized spacial score (nSPS) is 11.3. The van der Waals surface area contributed by atoms with Gasteiger partial charge in [-0.3, -0.25) is 9.36 Å². The molecular weight excluding hydrogens is 346 g/mol. The molecule has 0 saturated carbocycles. The zero-order chi connectivity index (χ0) is 15.9. The topological polar surface area (TPSA) is 34.9 Å². The number of rotatable bonds is 3. The van der Waals surface area contributed by atoms with E-state index in [2.05, 4.69) is 4.98 Å². The van der Waals surface area contributed by atoms with Gasteiger partial charge in [-0.25, -0.2) is 9.37 Å². The van der Waals surface area contributed by atoms with E-state index >= 15 is 0 Å². The highest BCUT2D eigenvalue weighted by atomic mass is 35.5. The van der Waals surface area contributed by atoms with Crippen LogP contribution in [0.4, 0.5) is 4.39 Å². The first-order valence-electron chi connectivity index (χ1n) is 6.53. The summed E-state index contributed by atoms with van der Waals surface area (Å²) in [5.74, 6) is 0.512. The van der Waals surface area contributed by atoms with Crippen LogP contribution >= 0.6 is 34.5 Å². The summed E-state index contributed by atoms with van der Waals surface area (Å²) in [6.45, 7) is 1.10. The van der Waals surface area contributed by atoms with Crippen molar-refractivity contribution in [2.24, 2.45) is 0 Å². The maximum absolute atomic E-state index is 12.7. The van der Waals surface area contributed by atoms with Gasteiger partial charge in [-0.15, -0.1) is 11.3 Å². The SMILES string of the molecule is Cc1nc2scc(-c3ccc(Cl)c(Cl)c3)c2c(=O)n1CCF. The van der Waals surface area contributed by atoms with Gasteiger partial charge in [0.1, 0.15) is 17.3 Å². The Labute approximate surface area is 139 Å². The quantitative estimate of drug-likeness (QED) is 0.681. The zero-order valence-electron chi connectivity index (χ0n) is 11.6. The van der Waals surface area contributed by atoms with Gasteiger partial charge in [-0.05, 0) is 24.6 Å². The first kappa shape index (κ1) is 15.5. The number of alkyl halides is 1. The van der Waals surface area contributed by atoms with Crippen molar-refractivity contribution in [2.45, 2.75) is 13.5 Å². The molecule has 0 aliphatic heterocycles. The summed E-state index contributed by atoms with van der Waals surface area (Å²) in [6.07, 6.45) is 0. The number of benzene rings is 1. The van der Waals surface area contributed by atoms with Crippen LogP contribution in [0.1, 0.15) is 5.82 Å². The Hall–Kier alpha value is -1.43. The Morgan fingerprint density at radius 2 is 2.09 bits per heavy atom. The van der Waals surface area contributed by atoms with E-state index < -0.39 is 6.67 Å². The standard InChI is InChI=1S/C15H11Cl2FN2OS/c1-8-19-14-13(15(21)20(8)5-4-18)10(7-22-14)9-2-3-11(16)12(17)6-9/h2-3,6-7H,4-5H2,1H3. The lowest BCUT2D eigenvalue weighted by atomic mass is 10.1. The number of hydrogen-bond donors (Lipinski definition) is 0. The number of aromatic nitrogens is 2. The molecule has 0 saturated heterocycles. The lowest BCUT2D eigenvalue weighted by Crippen LogP contribution is -2.24. The summed E-state index contributed by atoms with van der Waals surface area (Å²) >= 11 is 13.4. The third kappa shape index (κ3) is 2.53. The van der Waals surface area contributed by atoms with E-state index in [0.29, 0.717) is 26.1 Å². The molecule has 3 rings (SSSR count). The van der Waals surface area contributed by atoms with Gasteiger partial charge in [0.25, 0.3) is 5.56 Å². The lowest BCUT2D eigenvalue weighted by Gasteiger charge is -2.08. The van der Waals surface area contributed by atoms with Crippen molar-refractivity contribution in [1.29, 1.82) is 0 Å². The maximum atomic E-state index is 12.7. The Balaban J connectivity index is 2.29. The molecule has 2 heterocycles. The van der Waals surface area contributed by atoms with Crippen LogP contribution in [-0.4, -0.2) is 16.2 Å². The monoisotopic (exact) mass is 356 g/mol. The van der Waals surface area contributed by atoms with Gasteiger partial charge in [-0.1, -0.05) is 29.3 Å². The fourth-order valence-electron chi connectivity index (χ4n) is 2.35. The van der Waals surface area contributed by atoms with E-state index in [9.17, 15) is 9.18 Å². The van der Waals surface area contributed by atoms with Crippen molar-refractivity contribution in [3.8, 4) is 11.1 Å². The van der Waals surface area contributed by atoms with E-state index in [0.717, 1.165) is 11.1 Å². The van der Waals surface area contributed by atoms with Crippen LogP contribution in [0.25, 0.3) is 21.3 Å². The molecule has 0 spiro atoms. The van der Waals surface area contributed by atoms with Gasteiger partial charge in [0.2, 0.25) is 0 Å². The van der Waals surface area contributed by atoms with Crippen molar-refractivity contribution in [2.75, 3.05) is 6.67 Å². The molecule has 0 unspecified atom stereocenters. The van der Waals surface area contributed by atoms with Gasteiger partial charge >= 0.3 is 0 Å². The van der Waals surface area contributed by atoms with E-state index in [4.69, 9.17) is 23.2 Å². The molecule has 0 N–H and O–H groups in total. The molecule has 0 amide bonds. The third-order valence-electron chi connectivity index (χ3n) is 3.42. The third-order valence-corrected chi connectivity index (χ3v) is 5.03. The highest BCUT2D eigenvalue weighted by Crippen LogP contribution is 2.34. The second-order valence-electron chi connectivity index (χ2n) is 4.76. The van der Waals surface area contributed by atoms with E-state index in [1.165, 1.54) is 15.9 Å². The molecule has 0 radical (unpaired) electrons. The lowest BCUT2D eigenvalue weighted by molar-refractivity contribution is 0.435. The van der Waals surface area contributed by atoms with Crippen molar-refractivity contribution in [1.82, 2.24) is 9.55 Å². The number of aryl methyl sites for hydroxylation is 1. The molecule has 3 aromatic rings. The molecule has 2 aromatic heterocycles. The molecule has 0 aliphatic rings. The van der Waals surface area contributed by atoms with E-state index in [1.54, 1.807) is 25.1 Å². The number of fused-ring (bicyclic) bond motifs is 1. The highest BCUT2D eigenvalue weighted by Gasteiger charge is 2.16. The molecule has 7 heteroatoms. The average Bonchev–Trinajstić information content (AvgIpc) is 2.90. The first-order valence-corrected chi connectivity index (χ1v) is 8.16. The zero-order valence-corrected chi connectivity index (χ0v) is 13.9. The number of hydrogen-bond acceptors (Lipinski definition) is 3. The molecule has 114 valence electrons. The molecule has 1 aromatic carbocycles. The Kier molecular flexibility index (Phi) is 4.21. The van der Waals surface area contributed by atoms with Crippen molar-refractivity contribution in [3.05, 3.63) is 49.8 Å². The van der Waals surface area contributed by atoms with Crippen LogP contribution in [0, 0.1) is 6.92 Å². The summed E-state index contributed by atoms with van der Waals surface area (Å²) in [4.78, 5) is 17.7. The molecule has 22 heavy (non-hydrogen) atoms. The van der Waals surface area contributed by atoms with Gasteiger partial charge in [-0.2, -0.15) is 0 Å². The van der Waals surface area contributed by atoms with Crippen molar-refractivity contribution >= 4 is 44.8 Å². The van der Waals surface area contributed by atoms with Gasteiger partial charge in [0.15, 0.2) is 0 Å². The minimum absolute atomic E-state index is 0.00423. The van der Waals surface area contributed by atoms with Gasteiger partial charge < -0.3 is 0 Å². The molecule has 0 bridgehead atoms. The molecule has 0 fully saturated rings. The predicted octanol–water partition coefficient (Wildman–Crippen LogP) is 4.71. The minimum Gasteiger partial charge on any atom is -0.294 e. The summed E-state index contributed by atoms with van der Waals surface area (Å²) < 4.78 is 14.0. The van der Waals surface area contributed by atoms with Crippen LogP contribution in [0.5, 0.6) is 0 Å². The summed E-state index contributed by atoms with van der Waals surface area (Å²) in [6, 6.07) is 5.20. The van der Waals surface area contributed by atoms with Crippen LogP contribution < -0.4 is 5.56 Å². The van der Waals surface area contributed by atoms with Crippen molar-refractivity contribution in [3.63, 3.8) is 0 Å². The van der Waals surface area contributed by atoms with Crippen LogP contribution in [0.15, 0.2) is 28.4 Å². The smallest absolute Gasteiger partial charge is 0.262 e. The number of thiophene rings is 1. The Morgan fingerprint density at radius 1 is 1.32 bits per heavy atom. The summed E-state index contributed by atoms with van der Waals surface area (Å²) in [7, 11) is 0. The number of nitrogens with zero attached hydrogens (tertiary/aromatic N) is 2. The Bertz CT molecular complexity index is 920. The van der Waals surface area contributed by atoms with Crippen LogP contribution in [0.3, 0.4) is 0 Å². The second-order valence-corrected chi connectivity index (χ2v) is 6.44.